The van der Waals surface area contributed by atoms with E-state index in [2.05, 4.69) is 11.6 Å². The summed E-state index contributed by atoms with van der Waals surface area (Å²) in [6.45, 7) is 3.78. The summed E-state index contributed by atoms with van der Waals surface area (Å²) in [5, 5.41) is 21.3. The van der Waals surface area contributed by atoms with Gasteiger partial charge in [-0.2, -0.15) is 0 Å². The van der Waals surface area contributed by atoms with E-state index in [1.165, 1.54) is 45.7 Å². The minimum absolute atomic E-state index is 0.000926. The quantitative estimate of drug-likeness (QED) is 0.277. The Hall–Kier alpha value is -3.79. The van der Waals surface area contributed by atoms with Gasteiger partial charge in [-0.3, -0.25) is 33.8 Å². The molecule has 0 bridgehead atoms. The molecule has 0 aliphatic carbocycles. The fraction of sp³-hybridized carbons (Fsp3) is 0.105. The molecular formula is C19H16N4O5S. The lowest BCUT2D eigenvalue weighted by Crippen LogP contribution is -2.25. The van der Waals surface area contributed by atoms with E-state index in [-0.39, 0.29) is 40.4 Å². The normalized spacial score (nSPS) is 10.6. The molecule has 0 fully saturated rings. The highest BCUT2D eigenvalue weighted by Gasteiger charge is 2.15. The highest BCUT2D eigenvalue weighted by molar-refractivity contribution is 7.71. The fourth-order valence-corrected chi connectivity index (χ4v) is 3.11. The third-order valence-corrected chi connectivity index (χ3v) is 4.63. The Kier molecular flexibility index (Phi) is 5.55. The molecular weight excluding hydrogens is 396 g/mol. The second kappa shape index (κ2) is 8.07. The first kappa shape index (κ1) is 20.0. The van der Waals surface area contributed by atoms with Crippen molar-refractivity contribution in [3.05, 3.63) is 102 Å². The van der Waals surface area contributed by atoms with Crippen molar-refractivity contribution in [2.45, 2.75) is 13.0 Å². The largest absolute Gasteiger partial charge is 0.494 e. The number of rotatable bonds is 6. The number of nitrogens with zero attached hydrogens (tertiary/aromatic N) is 3. The van der Waals surface area contributed by atoms with Crippen molar-refractivity contribution in [1.82, 2.24) is 14.1 Å². The summed E-state index contributed by atoms with van der Waals surface area (Å²) in [6, 6.07) is 8.66. The first-order valence-electron chi connectivity index (χ1n) is 8.44. The van der Waals surface area contributed by atoms with Crippen LogP contribution in [0.15, 0.2) is 64.8 Å². The highest BCUT2D eigenvalue weighted by atomic mass is 32.1. The van der Waals surface area contributed by atoms with E-state index in [4.69, 9.17) is 12.2 Å². The number of hydrogen-bond acceptors (Lipinski definition) is 6. The molecule has 0 radical (unpaired) electrons. The summed E-state index contributed by atoms with van der Waals surface area (Å²) in [5.41, 5.74) is -0.405. The Morgan fingerprint density at radius 1 is 1.24 bits per heavy atom. The summed E-state index contributed by atoms with van der Waals surface area (Å²) in [5.74, 6) is -0.330. The summed E-state index contributed by atoms with van der Waals surface area (Å²) in [6.07, 6.45) is 2.91. The Balaban J connectivity index is 2.06. The van der Waals surface area contributed by atoms with Crippen LogP contribution in [0.4, 0.5) is 5.69 Å². The second-order valence-electron chi connectivity index (χ2n) is 6.12. The molecule has 0 atom stereocenters. The van der Waals surface area contributed by atoms with E-state index in [0.717, 1.165) is 0 Å². The number of nitrogens with one attached hydrogen (secondary N) is 1. The Morgan fingerprint density at radius 3 is 2.55 bits per heavy atom. The first-order chi connectivity index (χ1) is 13.8. The maximum Gasteiger partial charge on any atom is 0.269 e. The molecule has 2 aromatic heterocycles. The molecule has 10 heteroatoms. The zero-order valence-corrected chi connectivity index (χ0v) is 15.9. The number of aromatic amines is 1. The van der Waals surface area contributed by atoms with E-state index in [9.17, 15) is 24.8 Å². The zero-order chi connectivity index (χ0) is 21.1. The van der Waals surface area contributed by atoms with Gasteiger partial charge in [0.2, 0.25) is 5.88 Å². The number of non-ortho nitro benzene ring substituents is 1. The summed E-state index contributed by atoms with van der Waals surface area (Å²) in [7, 11) is 0. The number of aromatic nitrogens is 3. The Bertz CT molecular complexity index is 1270. The van der Waals surface area contributed by atoms with Gasteiger partial charge in [0.15, 0.2) is 4.77 Å². The fourth-order valence-electron chi connectivity index (χ4n) is 2.86. The van der Waals surface area contributed by atoms with Crippen LogP contribution in [0, 0.1) is 14.9 Å². The predicted molar refractivity (Wildman–Crippen MR) is 109 cm³/mol. The predicted octanol–water partition coefficient (Wildman–Crippen LogP) is 2.45. The molecule has 0 aliphatic rings. The van der Waals surface area contributed by atoms with Crippen LogP contribution in [0.25, 0.3) is 5.69 Å². The molecule has 0 aliphatic heterocycles. The van der Waals surface area contributed by atoms with Gasteiger partial charge in [-0.05, 0) is 30.4 Å². The van der Waals surface area contributed by atoms with Crippen molar-refractivity contribution < 1.29 is 10.0 Å². The minimum atomic E-state index is -0.585. The lowest BCUT2D eigenvalue weighted by atomic mass is 10.1. The lowest BCUT2D eigenvalue weighted by Gasteiger charge is -2.12. The second-order valence-corrected chi connectivity index (χ2v) is 6.51. The molecule has 0 saturated heterocycles. The SMILES string of the molecule is C=CCn1c(O)c(Cc2cccn(-c3ccc([N+](=O)[O-])cc3)c2=O)c(=O)[nH]c1=S. The molecule has 3 aromatic rings. The number of aromatic hydroxyl groups is 1. The maximum absolute atomic E-state index is 12.9. The van der Waals surface area contributed by atoms with Gasteiger partial charge in [-0.15, -0.1) is 6.58 Å². The summed E-state index contributed by atoms with van der Waals surface area (Å²) in [4.78, 5) is 37.9. The molecule has 0 saturated carbocycles. The van der Waals surface area contributed by atoms with Gasteiger partial charge in [-0.25, -0.2) is 0 Å². The van der Waals surface area contributed by atoms with Crippen LogP contribution in [0.3, 0.4) is 0 Å². The topological polar surface area (TPSA) is 123 Å². The molecule has 0 spiro atoms. The molecule has 2 heterocycles. The van der Waals surface area contributed by atoms with Crippen LogP contribution in [0.1, 0.15) is 11.1 Å². The van der Waals surface area contributed by atoms with Crippen LogP contribution in [-0.2, 0) is 13.0 Å². The van der Waals surface area contributed by atoms with Crippen molar-refractivity contribution >= 4 is 17.9 Å². The summed E-state index contributed by atoms with van der Waals surface area (Å²) < 4.78 is 2.66. The van der Waals surface area contributed by atoms with Crippen molar-refractivity contribution in [3.8, 4) is 11.6 Å². The van der Waals surface area contributed by atoms with Gasteiger partial charge in [-0.1, -0.05) is 12.1 Å². The monoisotopic (exact) mass is 412 g/mol. The Morgan fingerprint density at radius 2 is 1.93 bits per heavy atom. The number of allylic oxidation sites excluding steroid dienone is 1. The number of hydrogen-bond donors (Lipinski definition) is 2. The number of H-pyrrole nitrogens is 1. The van der Waals surface area contributed by atoms with E-state index in [1.807, 2.05) is 0 Å². The first-order valence-corrected chi connectivity index (χ1v) is 8.85. The van der Waals surface area contributed by atoms with Crippen LogP contribution in [-0.4, -0.2) is 24.1 Å². The molecule has 2 N–H and O–H groups in total. The number of nitro benzene ring substituents is 1. The van der Waals surface area contributed by atoms with Crippen molar-refractivity contribution in [1.29, 1.82) is 0 Å². The highest BCUT2D eigenvalue weighted by Crippen LogP contribution is 2.17. The van der Waals surface area contributed by atoms with Gasteiger partial charge in [0, 0.05) is 42.5 Å². The number of nitro groups is 1. The molecule has 148 valence electrons. The third kappa shape index (κ3) is 3.92. The zero-order valence-electron chi connectivity index (χ0n) is 15.1. The molecule has 1 aromatic carbocycles. The third-order valence-electron chi connectivity index (χ3n) is 4.31. The summed E-state index contributed by atoms with van der Waals surface area (Å²) >= 11 is 5.04. The average Bonchev–Trinajstić information content (AvgIpc) is 2.69. The lowest BCUT2D eigenvalue weighted by molar-refractivity contribution is -0.384. The van der Waals surface area contributed by atoms with Crippen molar-refractivity contribution in [3.63, 3.8) is 0 Å². The van der Waals surface area contributed by atoms with Crippen LogP contribution in [0.2, 0.25) is 0 Å². The standard InChI is InChI=1S/C19H16N4O5S/c1-2-9-22-18(26)15(16(24)20-19(22)29)11-12-4-3-10-21(17(12)25)13-5-7-14(8-6-13)23(27)28/h2-8,10,26H,1,9,11H2,(H,20,24,29). The Labute approximate surface area is 169 Å². The van der Waals surface area contributed by atoms with E-state index >= 15 is 0 Å². The van der Waals surface area contributed by atoms with Gasteiger partial charge in [0.05, 0.1) is 10.5 Å². The van der Waals surface area contributed by atoms with Gasteiger partial charge in [0.1, 0.15) is 0 Å². The van der Waals surface area contributed by atoms with Gasteiger partial charge in [0.25, 0.3) is 16.8 Å². The van der Waals surface area contributed by atoms with Crippen LogP contribution < -0.4 is 11.1 Å². The molecule has 0 amide bonds. The minimum Gasteiger partial charge on any atom is -0.494 e. The molecule has 3 rings (SSSR count). The van der Waals surface area contributed by atoms with E-state index in [0.29, 0.717) is 5.69 Å². The van der Waals surface area contributed by atoms with E-state index in [1.54, 1.807) is 12.1 Å². The number of benzene rings is 1. The number of pyridine rings is 1. The van der Waals surface area contributed by atoms with Crippen LogP contribution >= 0.6 is 12.2 Å². The van der Waals surface area contributed by atoms with Gasteiger partial charge >= 0.3 is 0 Å². The molecule has 29 heavy (non-hydrogen) atoms. The van der Waals surface area contributed by atoms with E-state index < -0.39 is 16.0 Å². The van der Waals surface area contributed by atoms with Gasteiger partial charge < -0.3 is 5.11 Å². The molecule has 9 nitrogen and oxygen atoms in total. The van der Waals surface area contributed by atoms with Crippen molar-refractivity contribution in [2.24, 2.45) is 0 Å². The van der Waals surface area contributed by atoms with Crippen molar-refractivity contribution in [2.75, 3.05) is 0 Å². The van der Waals surface area contributed by atoms with Crippen LogP contribution in [0.5, 0.6) is 5.88 Å². The molecule has 0 unspecified atom stereocenters. The maximum atomic E-state index is 12.9. The average molecular weight is 412 g/mol. The smallest absolute Gasteiger partial charge is 0.269 e.